The summed E-state index contributed by atoms with van der Waals surface area (Å²) in [5.74, 6) is -1.32. The number of thioether (sulfide) groups is 1. The van der Waals surface area contributed by atoms with Crippen molar-refractivity contribution in [3.05, 3.63) is 60.7 Å². The highest BCUT2D eigenvalue weighted by Gasteiger charge is 2.43. The summed E-state index contributed by atoms with van der Waals surface area (Å²) in [7, 11) is -3.74. The first kappa shape index (κ1) is 22.4. The predicted octanol–water partition coefficient (Wildman–Crippen LogP) is 4.86. The predicted molar refractivity (Wildman–Crippen MR) is 127 cm³/mol. The van der Waals surface area contributed by atoms with Crippen molar-refractivity contribution < 1.29 is 21.9 Å². The van der Waals surface area contributed by atoms with Gasteiger partial charge in [0.2, 0.25) is 0 Å². The summed E-state index contributed by atoms with van der Waals surface area (Å²) < 4.78 is 60.2. The molecule has 0 amide bonds. The fraction of sp³-hybridized carbons (Fsp3) is 0.333. The number of hydrogen-bond donors (Lipinski definition) is 0. The standard InChI is InChI=1S/C24H24F2N2O3S2/c25-24(26)16-27(17-24)10-3-12-31-20-7-9-23-22(15-20)28(11-13-32-23)33(29,30)21-8-6-18-4-1-2-5-19(18)14-21/h1-2,4-9,14-15H,3,10-13,16-17H2. The molecule has 0 atom stereocenters. The van der Waals surface area contributed by atoms with Crippen LogP contribution in [0.1, 0.15) is 6.42 Å². The molecular weight excluding hydrogens is 466 g/mol. The van der Waals surface area contributed by atoms with E-state index in [4.69, 9.17) is 4.74 Å². The van der Waals surface area contributed by atoms with E-state index < -0.39 is 15.9 Å². The summed E-state index contributed by atoms with van der Waals surface area (Å²) in [4.78, 5) is 2.85. The molecule has 5 rings (SSSR count). The van der Waals surface area contributed by atoms with Gasteiger partial charge in [-0.1, -0.05) is 30.3 Å². The summed E-state index contributed by atoms with van der Waals surface area (Å²) in [6.07, 6.45) is 0.626. The Morgan fingerprint density at radius 2 is 1.79 bits per heavy atom. The topological polar surface area (TPSA) is 49.9 Å². The van der Waals surface area contributed by atoms with E-state index in [0.29, 0.717) is 43.3 Å². The highest BCUT2D eigenvalue weighted by molar-refractivity contribution is 8.00. The Balaban J connectivity index is 1.32. The highest BCUT2D eigenvalue weighted by atomic mass is 32.2. The van der Waals surface area contributed by atoms with Crippen LogP contribution in [-0.2, 0) is 10.0 Å². The molecule has 2 heterocycles. The van der Waals surface area contributed by atoms with Gasteiger partial charge in [0, 0.05) is 29.8 Å². The van der Waals surface area contributed by atoms with Gasteiger partial charge in [-0.25, -0.2) is 17.2 Å². The molecule has 0 radical (unpaired) electrons. The van der Waals surface area contributed by atoms with Crippen LogP contribution < -0.4 is 9.04 Å². The number of benzene rings is 3. The van der Waals surface area contributed by atoms with Crippen LogP contribution in [-0.4, -0.2) is 57.8 Å². The van der Waals surface area contributed by atoms with Crippen molar-refractivity contribution in [1.29, 1.82) is 0 Å². The molecule has 0 unspecified atom stereocenters. The molecule has 2 aliphatic rings. The molecule has 2 aliphatic heterocycles. The maximum Gasteiger partial charge on any atom is 0.272 e. The van der Waals surface area contributed by atoms with Crippen molar-refractivity contribution in [2.45, 2.75) is 22.1 Å². The van der Waals surface area contributed by atoms with Gasteiger partial charge in [-0.2, -0.15) is 0 Å². The molecule has 9 heteroatoms. The van der Waals surface area contributed by atoms with Gasteiger partial charge in [0.05, 0.1) is 30.3 Å². The lowest BCUT2D eigenvalue weighted by atomic mass is 10.1. The molecule has 1 saturated heterocycles. The maximum absolute atomic E-state index is 13.5. The zero-order valence-corrected chi connectivity index (χ0v) is 19.5. The summed E-state index contributed by atoms with van der Waals surface area (Å²) in [6.45, 7) is 0.930. The number of nitrogens with zero attached hydrogens (tertiary/aromatic N) is 2. The number of ether oxygens (including phenoxy) is 1. The van der Waals surface area contributed by atoms with E-state index >= 15 is 0 Å². The van der Waals surface area contributed by atoms with E-state index in [9.17, 15) is 17.2 Å². The monoisotopic (exact) mass is 490 g/mol. The van der Waals surface area contributed by atoms with Gasteiger partial charge in [0.1, 0.15) is 5.75 Å². The van der Waals surface area contributed by atoms with E-state index in [1.165, 1.54) is 4.31 Å². The van der Waals surface area contributed by atoms with Crippen LogP contribution in [0.4, 0.5) is 14.5 Å². The molecule has 1 fully saturated rings. The molecule has 33 heavy (non-hydrogen) atoms. The van der Waals surface area contributed by atoms with Crippen molar-refractivity contribution in [2.75, 3.05) is 42.8 Å². The smallest absolute Gasteiger partial charge is 0.272 e. The first-order valence-corrected chi connectivity index (χ1v) is 13.3. The molecule has 0 N–H and O–H groups in total. The zero-order chi connectivity index (χ0) is 23.1. The normalized spacial score (nSPS) is 18.1. The second-order valence-corrected chi connectivity index (χ2v) is 11.3. The van der Waals surface area contributed by atoms with Crippen LogP contribution in [0.5, 0.6) is 5.75 Å². The third kappa shape index (κ3) is 4.67. The van der Waals surface area contributed by atoms with E-state index in [-0.39, 0.29) is 18.0 Å². The third-order valence-electron chi connectivity index (χ3n) is 5.86. The average Bonchev–Trinajstić information content (AvgIpc) is 2.79. The molecule has 0 bridgehead atoms. The Kier molecular flexibility index (Phi) is 5.96. The zero-order valence-electron chi connectivity index (χ0n) is 17.9. The van der Waals surface area contributed by atoms with E-state index in [0.717, 1.165) is 15.7 Å². The number of sulfonamides is 1. The van der Waals surface area contributed by atoms with Crippen LogP contribution in [0.2, 0.25) is 0 Å². The minimum Gasteiger partial charge on any atom is -0.493 e. The molecule has 3 aromatic rings. The van der Waals surface area contributed by atoms with E-state index in [1.807, 2.05) is 42.5 Å². The first-order valence-electron chi connectivity index (χ1n) is 10.8. The second kappa shape index (κ2) is 8.77. The lowest BCUT2D eigenvalue weighted by molar-refractivity contribution is -0.130. The number of fused-ring (bicyclic) bond motifs is 2. The summed E-state index contributed by atoms with van der Waals surface area (Å²) in [5, 5.41) is 1.87. The molecule has 0 aromatic heterocycles. The van der Waals surface area contributed by atoms with Crippen molar-refractivity contribution in [1.82, 2.24) is 4.90 Å². The number of likely N-dealkylation sites (tertiary alicyclic amines) is 1. The van der Waals surface area contributed by atoms with E-state index in [1.54, 1.807) is 34.9 Å². The van der Waals surface area contributed by atoms with Crippen molar-refractivity contribution in [2.24, 2.45) is 0 Å². The average molecular weight is 491 g/mol. The summed E-state index contributed by atoms with van der Waals surface area (Å²) in [6, 6.07) is 18.3. The fourth-order valence-electron chi connectivity index (χ4n) is 4.21. The number of rotatable bonds is 7. The van der Waals surface area contributed by atoms with Gasteiger partial charge in [-0.05, 0) is 41.5 Å². The van der Waals surface area contributed by atoms with Gasteiger partial charge in [-0.15, -0.1) is 11.8 Å². The van der Waals surface area contributed by atoms with Gasteiger partial charge in [0.15, 0.2) is 0 Å². The second-order valence-electron chi connectivity index (χ2n) is 8.33. The molecule has 0 saturated carbocycles. The van der Waals surface area contributed by atoms with Crippen LogP contribution in [0.15, 0.2) is 70.5 Å². The molecule has 3 aromatic carbocycles. The largest absolute Gasteiger partial charge is 0.493 e. The highest BCUT2D eigenvalue weighted by Crippen LogP contribution is 2.40. The number of halogens is 2. The maximum atomic E-state index is 13.5. The lowest BCUT2D eigenvalue weighted by Gasteiger charge is -2.38. The van der Waals surface area contributed by atoms with Crippen molar-refractivity contribution >= 4 is 38.2 Å². The fourth-order valence-corrected chi connectivity index (χ4v) is 6.87. The van der Waals surface area contributed by atoms with Crippen LogP contribution >= 0.6 is 11.8 Å². The van der Waals surface area contributed by atoms with Crippen LogP contribution in [0, 0.1) is 0 Å². The Morgan fingerprint density at radius 1 is 1.00 bits per heavy atom. The number of anilines is 1. The summed E-state index contributed by atoms with van der Waals surface area (Å²) >= 11 is 1.62. The Labute approximate surface area is 196 Å². The molecule has 0 aliphatic carbocycles. The molecule has 0 spiro atoms. The number of alkyl halides is 2. The SMILES string of the molecule is O=S(=O)(c1ccc2ccccc2c1)N1CCSc2ccc(OCCCN3CC(F)(F)C3)cc21. The van der Waals surface area contributed by atoms with Crippen molar-refractivity contribution in [3.8, 4) is 5.75 Å². The molecule has 174 valence electrons. The van der Waals surface area contributed by atoms with Gasteiger partial charge < -0.3 is 4.74 Å². The Morgan fingerprint density at radius 3 is 2.58 bits per heavy atom. The van der Waals surface area contributed by atoms with Gasteiger partial charge in [0.25, 0.3) is 15.9 Å². The Hall–Kier alpha value is -2.36. The molecular formula is C24H24F2N2O3S2. The van der Waals surface area contributed by atoms with Crippen LogP contribution in [0.25, 0.3) is 10.8 Å². The van der Waals surface area contributed by atoms with E-state index in [2.05, 4.69) is 0 Å². The Bertz CT molecular complexity index is 1280. The summed E-state index contributed by atoms with van der Waals surface area (Å²) in [5.41, 5.74) is 0.610. The lowest BCUT2D eigenvalue weighted by Crippen LogP contribution is -2.56. The minimum atomic E-state index is -3.74. The van der Waals surface area contributed by atoms with Crippen LogP contribution in [0.3, 0.4) is 0 Å². The van der Waals surface area contributed by atoms with Gasteiger partial charge >= 0.3 is 0 Å². The third-order valence-corrected chi connectivity index (χ3v) is 8.71. The molecule has 5 nitrogen and oxygen atoms in total. The van der Waals surface area contributed by atoms with Crippen molar-refractivity contribution in [3.63, 3.8) is 0 Å². The minimum absolute atomic E-state index is 0.190. The van der Waals surface area contributed by atoms with Gasteiger partial charge in [-0.3, -0.25) is 9.21 Å². The quantitative estimate of drug-likeness (QED) is 0.443. The first-order chi connectivity index (χ1) is 15.8. The number of hydrogen-bond acceptors (Lipinski definition) is 5.